The Kier molecular flexibility index (Phi) is 5.32. The number of nitrogens with one attached hydrogen (secondary N) is 1. The predicted molar refractivity (Wildman–Crippen MR) is 69.4 cm³/mol. The highest BCUT2D eigenvalue weighted by Gasteiger charge is 2.20. The van der Waals surface area contributed by atoms with E-state index in [1.165, 1.54) is 26.2 Å². The Bertz CT molecular complexity index is 444. The quantitative estimate of drug-likeness (QED) is 0.648. The fourth-order valence-corrected chi connectivity index (χ4v) is 1.53. The van der Waals surface area contributed by atoms with Crippen molar-refractivity contribution >= 4 is 11.9 Å². The molecule has 1 aromatic carbocycles. The molecule has 1 rings (SSSR count). The van der Waals surface area contributed by atoms with Gasteiger partial charge in [0.05, 0.1) is 13.2 Å². The highest BCUT2D eigenvalue weighted by atomic mass is 16.5. The lowest BCUT2D eigenvalue weighted by Crippen LogP contribution is -2.48. The van der Waals surface area contributed by atoms with Crippen LogP contribution in [0.1, 0.15) is 12.5 Å². The van der Waals surface area contributed by atoms with E-state index in [4.69, 9.17) is 10.8 Å². The van der Waals surface area contributed by atoms with Crippen molar-refractivity contribution in [3.63, 3.8) is 0 Å². The third-order valence-corrected chi connectivity index (χ3v) is 2.64. The Morgan fingerprint density at radius 2 is 1.95 bits per heavy atom. The predicted octanol–water partition coefficient (Wildman–Crippen LogP) is -0.0603. The normalized spacial score (nSPS) is 13.4. The summed E-state index contributed by atoms with van der Waals surface area (Å²) in [7, 11) is 1.25. The van der Waals surface area contributed by atoms with Gasteiger partial charge in [-0.15, -0.1) is 0 Å². The molecule has 0 aromatic heterocycles. The molecule has 6 heteroatoms. The molecule has 0 saturated carbocycles. The largest absolute Gasteiger partial charge is 0.508 e. The van der Waals surface area contributed by atoms with Crippen molar-refractivity contribution in [3.05, 3.63) is 29.8 Å². The number of nitrogens with two attached hydrogens (primary N) is 1. The van der Waals surface area contributed by atoms with E-state index in [2.05, 4.69) is 10.1 Å². The number of rotatable bonds is 5. The van der Waals surface area contributed by atoms with Crippen LogP contribution in [-0.2, 0) is 20.7 Å². The minimum Gasteiger partial charge on any atom is -0.508 e. The van der Waals surface area contributed by atoms with E-state index in [-0.39, 0.29) is 5.75 Å². The van der Waals surface area contributed by atoms with Crippen LogP contribution in [0.25, 0.3) is 0 Å². The van der Waals surface area contributed by atoms with Crippen molar-refractivity contribution in [2.75, 3.05) is 7.11 Å². The molecule has 0 bridgehead atoms. The van der Waals surface area contributed by atoms with Crippen LogP contribution in [0.3, 0.4) is 0 Å². The van der Waals surface area contributed by atoms with E-state index < -0.39 is 24.0 Å². The average Bonchev–Trinajstić information content (AvgIpc) is 2.40. The van der Waals surface area contributed by atoms with Gasteiger partial charge in [-0.05, 0) is 31.0 Å². The third-order valence-electron chi connectivity index (χ3n) is 2.64. The van der Waals surface area contributed by atoms with E-state index >= 15 is 0 Å². The Morgan fingerprint density at radius 3 is 2.47 bits per heavy atom. The van der Waals surface area contributed by atoms with Crippen LogP contribution in [0.2, 0.25) is 0 Å². The van der Waals surface area contributed by atoms with Crippen molar-refractivity contribution in [2.45, 2.75) is 25.4 Å². The minimum atomic E-state index is -0.767. The van der Waals surface area contributed by atoms with Crippen LogP contribution in [-0.4, -0.2) is 36.2 Å². The summed E-state index contributed by atoms with van der Waals surface area (Å²) in [5.74, 6) is -0.794. The minimum absolute atomic E-state index is 0.154. The summed E-state index contributed by atoms with van der Waals surface area (Å²) in [5.41, 5.74) is 6.58. The SMILES string of the molecule is COC(=O)[C@@H](C)NC(=O)[C@@H](N)Cc1ccc(O)cc1. The maximum absolute atomic E-state index is 11.8. The second-order valence-electron chi connectivity index (χ2n) is 4.23. The molecule has 4 N–H and O–H groups in total. The summed E-state index contributed by atoms with van der Waals surface area (Å²) in [5, 5.41) is 11.6. The Morgan fingerprint density at radius 1 is 1.37 bits per heavy atom. The van der Waals surface area contributed by atoms with Gasteiger partial charge in [0.15, 0.2) is 0 Å². The fourth-order valence-electron chi connectivity index (χ4n) is 1.53. The smallest absolute Gasteiger partial charge is 0.328 e. The van der Waals surface area contributed by atoms with Crippen molar-refractivity contribution < 1.29 is 19.4 Å². The molecule has 0 spiro atoms. The molecule has 0 aliphatic heterocycles. The lowest BCUT2D eigenvalue weighted by atomic mass is 10.1. The fraction of sp³-hybridized carbons (Fsp3) is 0.385. The number of phenols is 1. The summed E-state index contributed by atoms with van der Waals surface area (Å²) in [6, 6.07) is 4.92. The van der Waals surface area contributed by atoms with E-state index in [1.54, 1.807) is 12.1 Å². The number of methoxy groups -OCH3 is 1. The lowest BCUT2D eigenvalue weighted by molar-refractivity contribution is -0.144. The summed E-state index contributed by atoms with van der Waals surface area (Å²) < 4.78 is 4.50. The Labute approximate surface area is 111 Å². The first-order valence-corrected chi connectivity index (χ1v) is 5.85. The van der Waals surface area contributed by atoms with Gasteiger partial charge in [0.1, 0.15) is 11.8 Å². The third kappa shape index (κ3) is 4.59. The number of esters is 1. The molecular formula is C13H18N2O4. The Hall–Kier alpha value is -2.08. The molecule has 104 valence electrons. The van der Waals surface area contributed by atoms with Gasteiger partial charge < -0.3 is 20.9 Å². The molecule has 6 nitrogen and oxygen atoms in total. The number of benzene rings is 1. The first kappa shape index (κ1) is 15.0. The molecule has 0 aliphatic rings. The van der Waals surface area contributed by atoms with Gasteiger partial charge in [0, 0.05) is 0 Å². The van der Waals surface area contributed by atoms with Gasteiger partial charge in [-0.3, -0.25) is 4.79 Å². The number of ether oxygens (including phenoxy) is 1. The molecule has 0 saturated heterocycles. The van der Waals surface area contributed by atoms with Crippen LogP contribution < -0.4 is 11.1 Å². The number of hydrogen-bond acceptors (Lipinski definition) is 5. The molecule has 1 amide bonds. The second kappa shape index (κ2) is 6.75. The maximum atomic E-state index is 11.8. The van der Waals surface area contributed by atoms with E-state index in [0.717, 1.165) is 5.56 Å². The van der Waals surface area contributed by atoms with Crippen LogP contribution in [0, 0.1) is 0 Å². The number of amides is 1. The Balaban J connectivity index is 2.53. The molecule has 2 atom stereocenters. The monoisotopic (exact) mass is 266 g/mol. The molecule has 0 heterocycles. The number of carbonyl (C=O) groups is 2. The molecule has 1 aromatic rings. The van der Waals surface area contributed by atoms with Gasteiger partial charge in [-0.2, -0.15) is 0 Å². The topological polar surface area (TPSA) is 102 Å². The summed E-state index contributed by atoms with van der Waals surface area (Å²) in [6.45, 7) is 1.52. The van der Waals surface area contributed by atoms with Crippen molar-refractivity contribution in [3.8, 4) is 5.75 Å². The van der Waals surface area contributed by atoms with E-state index in [1.807, 2.05) is 0 Å². The second-order valence-corrected chi connectivity index (χ2v) is 4.23. The first-order valence-electron chi connectivity index (χ1n) is 5.85. The van der Waals surface area contributed by atoms with Gasteiger partial charge in [-0.25, -0.2) is 4.79 Å². The maximum Gasteiger partial charge on any atom is 0.328 e. The average molecular weight is 266 g/mol. The number of hydrogen-bond donors (Lipinski definition) is 3. The highest BCUT2D eigenvalue weighted by Crippen LogP contribution is 2.10. The van der Waals surface area contributed by atoms with E-state index in [0.29, 0.717) is 6.42 Å². The van der Waals surface area contributed by atoms with Crippen LogP contribution in [0.4, 0.5) is 0 Å². The zero-order valence-corrected chi connectivity index (χ0v) is 10.9. The standard InChI is InChI=1S/C13H18N2O4/c1-8(13(18)19-2)15-12(17)11(14)7-9-3-5-10(16)6-4-9/h3-6,8,11,16H,7,14H2,1-2H3,(H,15,17)/t8-,11+/m1/s1. The van der Waals surface area contributed by atoms with E-state index in [9.17, 15) is 9.59 Å². The summed E-state index contributed by atoms with van der Waals surface area (Å²) in [4.78, 5) is 22.9. The van der Waals surface area contributed by atoms with Crippen molar-refractivity contribution in [1.82, 2.24) is 5.32 Å². The van der Waals surface area contributed by atoms with Gasteiger partial charge in [-0.1, -0.05) is 12.1 Å². The van der Waals surface area contributed by atoms with Gasteiger partial charge >= 0.3 is 5.97 Å². The molecule has 0 radical (unpaired) electrons. The van der Waals surface area contributed by atoms with Crippen molar-refractivity contribution in [1.29, 1.82) is 0 Å². The van der Waals surface area contributed by atoms with Crippen molar-refractivity contribution in [2.24, 2.45) is 5.73 Å². The number of aromatic hydroxyl groups is 1. The zero-order chi connectivity index (χ0) is 14.4. The number of phenolic OH excluding ortho intramolecular Hbond substituents is 1. The van der Waals surface area contributed by atoms with Crippen LogP contribution in [0.5, 0.6) is 5.75 Å². The van der Waals surface area contributed by atoms with Crippen LogP contribution in [0.15, 0.2) is 24.3 Å². The van der Waals surface area contributed by atoms with Gasteiger partial charge in [0.25, 0.3) is 0 Å². The molecule has 19 heavy (non-hydrogen) atoms. The lowest BCUT2D eigenvalue weighted by Gasteiger charge is -2.16. The van der Waals surface area contributed by atoms with Crippen LogP contribution >= 0.6 is 0 Å². The summed E-state index contributed by atoms with van der Waals surface area (Å²) >= 11 is 0. The van der Waals surface area contributed by atoms with Gasteiger partial charge in [0.2, 0.25) is 5.91 Å². The first-order chi connectivity index (χ1) is 8.93. The highest BCUT2D eigenvalue weighted by molar-refractivity contribution is 5.87. The number of carbonyl (C=O) groups excluding carboxylic acids is 2. The molecular weight excluding hydrogens is 248 g/mol. The summed E-state index contributed by atoms with van der Waals surface area (Å²) in [6.07, 6.45) is 0.319. The molecule has 0 unspecified atom stereocenters. The zero-order valence-electron chi connectivity index (χ0n) is 10.9. The molecule has 0 fully saturated rings. The molecule has 0 aliphatic carbocycles.